The lowest BCUT2D eigenvalue weighted by Crippen LogP contribution is -2.49. The number of amidine groups is 1. The van der Waals surface area contributed by atoms with Gasteiger partial charge in [-0.05, 0) is 68.7 Å². The maximum absolute atomic E-state index is 9.49. The van der Waals surface area contributed by atoms with E-state index in [1.165, 1.54) is 92.1 Å². The molecule has 1 aromatic rings. The van der Waals surface area contributed by atoms with Crippen molar-refractivity contribution in [3.8, 4) is 0 Å². The first-order chi connectivity index (χ1) is 14.5. The molecule has 1 N–H and O–H groups in total. The van der Waals surface area contributed by atoms with Gasteiger partial charge in [-0.15, -0.1) is 0 Å². The second kappa shape index (κ2) is 9.12. The number of rotatable bonds is 4. The van der Waals surface area contributed by atoms with Gasteiger partial charge in [0.05, 0.1) is 0 Å². The van der Waals surface area contributed by atoms with E-state index in [1.54, 1.807) is 0 Å². The largest absolute Gasteiger partial charge is 0.351 e. The first-order valence-electron chi connectivity index (χ1n) is 12.4. The van der Waals surface area contributed by atoms with Gasteiger partial charge >= 0.3 is 0 Å². The van der Waals surface area contributed by atoms with E-state index in [9.17, 15) is 5.41 Å². The number of hydrogen-bond acceptors (Lipinski definition) is 1. The van der Waals surface area contributed by atoms with Crippen molar-refractivity contribution in [1.82, 2.24) is 4.90 Å². The third-order valence-corrected chi connectivity index (χ3v) is 8.31. The van der Waals surface area contributed by atoms with Crippen LogP contribution in [0.25, 0.3) is 5.57 Å². The van der Waals surface area contributed by atoms with Crippen LogP contribution in [-0.4, -0.2) is 22.8 Å². The quantitative estimate of drug-likeness (QED) is 0.403. The van der Waals surface area contributed by atoms with Crippen LogP contribution >= 0.6 is 0 Å². The Labute approximate surface area is 184 Å². The Bertz CT molecular complexity index is 829. The molecule has 0 heterocycles. The van der Waals surface area contributed by atoms with Crippen LogP contribution in [0.2, 0.25) is 0 Å². The lowest BCUT2D eigenvalue weighted by molar-refractivity contribution is 0.157. The van der Waals surface area contributed by atoms with Gasteiger partial charge < -0.3 is 4.90 Å². The maximum Gasteiger partial charge on any atom is 0.129 e. The van der Waals surface area contributed by atoms with Crippen molar-refractivity contribution >= 4 is 11.4 Å². The van der Waals surface area contributed by atoms with E-state index < -0.39 is 0 Å². The highest BCUT2D eigenvalue weighted by Gasteiger charge is 2.33. The minimum atomic E-state index is 0.441. The molecule has 3 aliphatic rings. The summed E-state index contributed by atoms with van der Waals surface area (Å²) in [7, 11) is 0. The molecule has 2 nitrogen and oxygen atoms in total. The average molecular weight is 405 g/mol. The zero-order valence-corrected chi connectivity index (χ0v) is 19.6. The van der Waals surface area contributed by atoms with Crippen LogP contribution in [0.5, 0.6) is 0 Å². The molecule has 0 aliphatic heterocycles. The predicted octanol–water partition coefficient (Wildman–Crippen LogP) is 7.74. The van der Waals surface area contributed by atoms with Gasteiger partial charge in [0.1, 0.15) is 5.84 Å². The fourth-order valence-electron chi connectivity index (χ4n) is 6.24. The minimum Gasteiger partial charge on any atom is -0.351 e. The van der Waals surface area contributed by atoms with Gasteiger partial charge in [-0.3, -0.25) is 5.41 Å². The van der Waals surface area contributed by atoms with E-state index >= 15 is 0 Å². The van der Waals surface area contributed by atoms with Crippen molar-refractivity contribution < 1.29 is 0 Å². The Balaban J connectivity index is 1.73. The molecule has 3 aliphatic carbocycles. The SMILES string of the molecule is CC1=C(C)C(C)C(c2ccccc2C(=N)N(C2CCCCC2)C2CCCCC2)=C1C. The van der Waals surface area contributed by atoms with E-state index in [0.29, 0.717) is 18.0 Å². The summed E-state index contributed by atoms with van der Waals surface area (Å²) < 4.78 is 0. The summed E-state index contributed by atoms with van der Waals surface area (Å²) in [4.78, 5) is 2.58. The Morgan fingerprint density at radius 2 is 1.33 bits per heavy atom. The Morgan fingerprint density at radius 1 is 0.800 bits per heavy atom. The summed E-state index contributed by atoms with van der Waals surface area (Å²) in [5.74, 6) is 1.23. The summed E-state index contributed by atoms with van der Waals surface area (Å²) in [6, 6.07) is 9.89. The van der Waals surface area contributed by atoms with Gasteiger partial charge in [0.15, 0.2) is 0 Å². The fourth-order valence-corrected chi connectivity index (χ4v) is 6.24. The smallest absolute Gasteiger partial charge is 0.129 e. The number of hydrogen-bond donors (Lipinski definition) is 1. The highest BCUT2D eigenvalue weighted by atomic mass is 15.2. The summed E-state index contributed by atoms with van der Waals surface area (Å²) >= 11 is 0. The van der Waals surface area contributed by atoms with E-state index in [4.69, 9.17) is 0 Å². The predicted molar refractivity (Wildman–Crippen MR) is 129 cm³/mol. The Kier molecular flexibility index (Phi) is 6.51. The lowest BCUT2D eigenvalue weighted by Gasteiger charge is -2.43. The van der Waals surface area contributed by atoms with E-state index in [-0.39, 0.29) is 0 Å². The van der Waals surface area contributed by atoms with E-state index in [1.807, 2.05) is 0 Å². The van der Waals surface area contributed by atoms with Gasteiger partial charge in [0, 0.05) is 23.6 Å². The summed E-state index contributed by atoms with van der Waals surface area (Å²) in [6.07, 6.45) is 13.1. The molecule has 1 unspecified atom stereocenters. The standard InChI is InChI=1S/C28H40N2/c1-19-20(2)22(4)27(21(19)3)25-17-11-12-18-26(25)28(29)30(23-13-7-5-8-14-23)24-15-9-6-10-16-24/h11-12,17-18,21,23-24,29H,5-10,13-16H2,1-4H3. The van der Waals surface area contributed by atoms with Gasteiger partial charge in [-0.25, -0.2) is 0 Å². The van der Waals surface area contributed by atoms with Crippen molar-refractivity contribution in [1.29, 1.82) is 5.41 Å². The van der Waals surface area contributed by atoms with Gasteiger partial charge in [-0.2, -0.15) is 0 Å². The number of nitrogens with zero attached hydrogens (tertiary/aromatic N) is 1. The Morgan fingerprint density at radius 3 is 1.83 bits per heavy atom. The first-order valence-corrected chi connectivity index (χ1v) is 12.4. The van der Waals surface area contributed by atoms with Crippen LogP contribution in [0.1, 0.15) is 103 Å². The van der Waals surface area contributed by atoms with Crippen molar-refractivity contribution in [2.24, 2.45) is 5.92 Å². The van der Waals surface area contributed by atoms with Crippen LogP contribution in [0.3, 0.4) is 0 Å². The molecule has 0 aromatic heterocycles. The third-order valence-electron chi connectivity index (χ3n) is 8.31. The monoisotopic (exact) mass is 404 g/mol. The van der Waals surface area contributed by atoms with Crippen LogP contribution in [-0.2, 0) is 0 Å². The molecule has 0 amide bonds. The highest BCUT2D eigenvalue weighted by Crippen LogP contribution is 2.44. The van der Waals surface area contributed by atoms with Crippen LogP contribution < -0.4 is 0 Å². The molecule has 1 aromatic carbocycles. The van der Waals surface area contributed by atoms with Gasteiger partial charge in [-0.1, -0.05) is 75.3 Å². The van der Waals surface area contributed by atoms with E-state index in [2.05, 4.69) is 56.9 Å². The number of benzene rings is 1. The molecule has 0 spiro atoms. The van der Waals surface area contributed by atoms with Crippen LogP contribution in [0, 0.1) is 11.3 Å². The summed E-state index contributed by atoms with van der Waals surface area (Å²) in [5.41, 5.74) is 8.23. The van der Waals surface area contributed by atoms with Crippen LogP contribution in [0.15, 0.2) is 41.0 Å². The minimum absolute atomic E-state index is 0.441. The molecule has 2 heteroatoms. The first kappa shape index (κ1) is 21.4. The zero-order valence-electron chi connectivity index (χ0n) is 19.6. The second-order valence-electron chi connectivity index (χ2n) is 9.95. The molecule has 0 saturated heterocycles. The maximum atomic E-state index is 9.49. The lowest BCUT2D eigenvalue weighted by atomic mass is 9.85. The van der Waals surface area contributed by atoms with Crippen LogP contribution in [0.4, 0.5) is 0 Å². The molecule has 1 atom stereocenters. The van der Waals surface area contributed by atoms with Crippen molar-refractivity contribution in [3.05, 3.63) is 52.1 Å². The molecule has 4 rings (SSSR count). The molecule has 0 radical (unpaired) electrons. The second-order valence-corrected chi connectivity index (χ2v) is 9.95. The average Bonchev–Trinajstić information content (AvgIpc) is 2.98. The van der Waals surface area contributed by atoms with Gasteiger partial charge in [0.25, 0.3) is 0 Å². The van der Waals surface area contributed by atoms with Crippen molar-refractivity contribution in [3.63, 3.8) is 0 Å². The molecule has 2 saturated carbocycles. The van der Waals surface area contributed by atoms with Gasteiger partial charge in [0.2, 0.25) is 0 Å². The van der Waals surface area contributed by atoms with E-state index in [0.717, 1.165) is 11.4 Å². The van der Waals surface area contributed by atoms with Crippen molar-refractivity contribution in [2.75, 3.05) is 0 Å². The highest BCUT2D eigenvalue weighted by molar-refractivity contribution is 6.02. The molecule has 2 fully saturated rings. The topological polar surface area (TPSA) is 27.1 Å². The fraction of sp³-hybridized carbons (Fsp3) is 0.607. The molecular weight excluding hydrogens is 364 g/mol. The third kappa shape index (κ3) is 3.90. The molecule has 30 heavy (non-hydrogen) atoms. The summed E-state index contributed by atoms with van der Waals surface area (Å²) in [5, 5.41) is 9.49. The summed E-state index contributed by atoms with van der Waals surface area (Å²) in [6.45, 7) is 9.16. The van der Waals surface area contributed by atoms with Crippen molar-refractivity contribution in [2.45, 2.75) is 104 Å². The number of nitrogens with one attached hydrogen (secondary N) is 1. The molecule has 162 valence electrons. The molecular formula is C28H40N2. The Hall–Kier alpha value is -1.83. The molecule has 0 bridgehead atoms. The zero-order chi connectivity index (χ0) is 21.3. The number of allylic oxidation sites excluding steroid dienone is 4. The normalized spacial score (nSPS) is 23.9.